The molecular formula is C13H22N4O2. The van der Waals surface area contributed by atoms with Gasteiger partial charge in [0, 0.05) is 26.0 Å². The summed E-state index contributed by atoms with van der Waals surface area (Å²) in [4.78, 5) is 22.4. The smallest absolute Gasteiger partial charge is 0.227 e. The van der Waals surface area contributed by atoms with Crippen LogP contribution in [0.5, 0.6) is 0 Å². The zero-order valence-corrected chi connectivity index (χ0v) is 11.9. The van der Waals surface area contributed by atoms with Gasteiger partial charge in [-0.15, -0.1) is 0 Å². The number of nitrogens with one attached hydrogen (secondary N) is 2. The maximum absolute atomic E-state index is 11.7. The number of amides is 2. The lowest BCUT2D eigenvalue weighted by molar-refractivity contribution is -0.119. The van der Waals surface area contributed by atoms with Crippen molar-refractivity contribution in [3.05, 3.63) is 12.3 Å². The summed E-state index contributed by atoms with van der Waals surface area (Å²) >= 11 is 0. The van der Waals surface area contributed by atoms with E-state index in [1.54, 1.807) is 16.9 Å². The average molecular weight is 266 g/mol. The molecule has 6 nitrogen and oxygen atoms in total. The topological polar surface area (TPSA) is 76.0 Å². The second kappa shape index (κ2) is 6.92. The molecule has 0 fully saturated rings. The van der Waals surface area contributed by atoms with Gasteiger partial charge < -0.3 is 10.6 Å². The van der Waals surface area contributed by atoms with E-state index in [0.717, 1.165) is 0 Å². The third kappa shape index (κ3) is 4.73. The van der Waals surface area contributed by atoms with Gasteiger partial charge in [-0.05, 0) is 12.8 Å². The molecule has 2 N–H and O–H groups in total. The van der Waals surface area contributed by atoms with E-state index >= 15 is 0 Å². The molecule has 0 saturated heterocycles. The van der Waals surface area contributed by atoms with E-state index in [9.17, 15) is 9.59 Å². The second-order valence-electron chi connectivity index (χ2n) is 4.93. The minimum atomic E-state index is -0.133. The predicted molar refractivity (Wildman–Crippen MR) is 73.7 cm³/mol. The molecule has 0 spiro atoms. The molecule has 1 aromatic heterocycles. The van der Waals surface area contributed by atoms with Crippen LogP contribution in [0, 0.1) is 5.92 Å². The summed E-state index contributed by atoms with van der Waals surface area (Å²) in [5, 5.41) is 9.63. The van der Waals surface area contributed by atoms with Gasteiger partial charge in [-0.1, -0.05) is 13.8 Å². The molecule has 0 aliphatic rings. The zero-order valence-electron chi connectivity index (χ0n) is 11.9. The van der Waals surface area contributed by atoms with Crippen molar-refractivity contribution >= 4 is 17.6 Å². The van der Waals surface area contributed by atoms with Crippen molar-refractivity contribution in [3.8, 4) is 0 Å². The second-order valence-corrected chi connectivity index (χ2v) is 4.93. The van der Waals surface area contributed by atoms with E-state index in [4.69, 9.17) is 0 Å². The van der Waals surface area contributed by atoms with Crippen molar-refractivity contribution in [2.45, 2.75) is 40.2 Å². The molecule has 0 bridgehead atoms. The molecule has 1 rings (SSSR count). The molecule has 6 heteroatoms. The molecule has 0 saturated carbocycles. The first-order chi connectivity index (χ1) is 8.91. The lowest BCUT2D eigenvalue weighted by Crippen LogP contribution is -2.26. The van der Waals surface area contributed by atoms with Crippen LogP contribution < -0.4 is 10.6 Å². The first kappa shape index (κ1) is 15.2. The number of aromatic nitrogens is 2. The summed E-state index contributed by atoms with van der Waals surface area (Å²) in [6.45, 7) is 8.04. The molecule has 0 aliphatic heterocycles. The fourth-order valence-electron chi connectivity index (χ4n) is 1.58. The Hall–Kier alpha value is -1.85. The lowest BCUT2D eigenvalue weighted by Gasteiger charge is -2.19. The van der Waals surface area contributed by atoms with Gasteiger partial charge in [0.05, 0.1) is 12.2 Å². The number of rotatable bonds is 6. The Morgan fingerprint density at radius 1 is 1.37 bits per heavy atom. The van der Waals surface area contributed by atoms with Gasteiger partial charge in [-0.25, -0.2) is 4.68 Å². The quantitative estimate of drug-likeness (QED) is 0.820. The average Bonchev–Trinajstić information content (AvgIpc) is 2.75. The van der Waals surface area contributed by atoms with Crippen LogP contribution in [0.15, 0.2) is 12.3 Å². The Kier molecular flexibility index (Phi) is 5.54. The number of hydrogen-bond donors (Lipinski definition) is 2. The van der Waals surface area contributed by atoms with E-state index in [1.807, 2.05) is 0 Å². The fraction of sp³-hybridized carbons (Fsp3) is 0.615. The van der Waals surface area contributed by atoms with Crippen LogP contribution >= 0.6 is 0 Å². The molecule has 0 unspecified atom stereocenters. The molecule has 1 atom stereocenters. The van der Waals surface area contributed by atoms with Crippen LogP contribution in [-0.4, -0.2) is 28.1 Å². The van der Waals surface area contributed by atoms with E-state index in [-0.39, 0.29) is 24.3 Å². The fourth-order valence-corrected chi connectivity index (χ4v) is 1.58. The first-order valence-electron chi connectivity index (χ1n) is 6.49. The minimum Gasteiger partial charge on any atom is -0.356 e. The predicted octanol–water partition coefficient (Wildman–Crippen LogP) is 1.56. The van der Waals surface area contributed by atoms with Crippen LogP contribution in [0.2, 0.25) is 0 Å². The standard InChI is InChI=1S/C13H22N4O2/c1-9(2)10(3)17-12(5-8-15-17)16-13(19)6-7-14-11(4)18/h5,8-10H,6-7H2,1-4H3,(H,14,18)(H,16,19)/t10-/m0/s1. The monoisotopic (exact) mass is 266 g/mol. The first-order valence-corrected chi connectivity index (χ1v) is 6.49. The summed E-state index contributed by atoms with van der Waals surface area (Å²) in [7, 11) is 0. The maximum atomic E-state index is 11.7. The summed E-state index contributed by atoms with van der Waals surface area (Å²) in [6, 6.07) is 1.98. The highest BCUT2D eigenvalue weighted by Gasteiger charge is 2.15. The number of carbonyl (C=O) groups is 2. The number of carbonyl (C=O) groups excluding carboxylic acids is 2. The highest BCUT2D eigenvalue weighted by Crippen LogP contribution is 2.20. The van der Waals surface area contributed by atoms with E-state index in [2.05, 4.69) is 36.5 Å². The van der Waals surface area contributed by atoms with Crippen LogP contribution in [0.4, 0.5) is 5.82 Å². The van der Waals surface area contributed by atoms with Crippen molar-refractivity contribution in [2.75, 3.05) is 11.9 Å². The van der Waals surface area contributed by atoms with Gasteiger partial charge in [-0.2, -0.15) is 5.10 Å². The van der Waals surface area contributed by atoms with Crippen LogP contribution in [-0.2, 0) is 9.59 Å². The van der Waals surface area contributed by atoms with Gasteiger partial charge in [0.2, 0.25) is 11.8 Å². The highest BCUT2D eigenvalue weighted by molar-refractivity contribution is 5.90. The van der Waals surface area contributed by atoms with Gasteiger partial charge in [0.1, 0.15) is 5.82 Å². The van der Waals surface area contributed by atoms with Crippen LogP contribution in [0.25, 0.3) is 0 Å². The summed E-state index contributed by atoms with van der Waals surface area (Å²) < 4.78 is 1.81. The van der Waals surface area contributed by atoms with Crippen LogP contribution in [0.1, 0.15) is 40.2 Å². The van der Waals surface area contributed by atoms with Crippen molar-refractivity contribution in [1.29, 1.82) is 0 Å². The molecule has 0 radical (unpaired) electrons. The van der Waals surface area contributed by atoms with E-state index in [0.29, 0.717) is 18.3 Å². The Balaban J connectivity index is 2.55. The van der Waals surface area contributed by atoms with E-state index in [1.165, 1.54) is 6.92 Å². The molecule has 1 heterocycles. The largest absolute Gasteiger partial charge is 0.356 e. The highest BCUT2D eigenvalue weighted by atomic mass is 16.2. The van der Waals surface area contributed by atoms with Gasteiger partial charge >= 0.3 is 0 Å². The molecule has 0 aliphatic carbocycles. The van der Waals surface area contributed by atoms with Crippen LogP contribution in [0.3, 0.4) is 0 Å². The molecule has 0 aromatic carbocycles. The summed E-state index contributed by atoms with van der Waals surface area (Å²) in [5.41, 5.74) is 0. The Morgan fingerprint density at radius 2 is 2.05 bits per heavy atom. The Morgan fingerprint density at radius 3 is 2.63 bits per heavy atom. The maximum Gasteiger partial charge on any atom is 0.227 e. The minimum absolute atomic E-state index is 0.133. The van der Waals surface area contributed by atoms with Gasteiger partial charge in [-0.3, -0.25) is 9.59 Å². The molecule has 2 amide bonds. The number of hydrogen-bond acceptors (Lipinski definition) is 3. The molecule has 1 aromatic rings. The Labute approximate surface area is 113 Å². The molecule has 19 heavy (non-hydrogen) atoms. The van der Waals surface area contributed by atoms with E-state index < -0.39 is 0 Å². The number of nitrogens with zero attached hydrogens (tertiary/aromatic N) is 2. The SMILES string of the molecule is CC(=O)NCCC(=O)Nc1ccnn1[C@@H](C)C(C)C. The lowest BCUT2D eigenvalue weighted by atomic mass is 10.1. The van der Waals surface area contributed by atoms with Crippen molar-refractivity contribution in [2.24, 2.45) is 5.92 Å². The van der Waals surface area contributed by atoms with Crippen molar-refractivity contribution in [3.63, 3.8) is 0 Å². The van der Waals surface area contributed by atoms with Gasteiger partial charge in [0.25, 0.3) is 0 Å². The zero-order chi connectivity index (χ0) is 14.4. The molecule has 106 valence electrons. The van der Waals surface area contributed by atoms with Crippen molar-refractivity contribution in [1.82, 2.24) is 15.1 Å². The van der Waals surface area contributed by atoms with Crippen molar-refractivity contribution < 1.29 is 9.59 Å². The third-order valence-corrected chi connectivity index (χ3v) is 3.01. The molecular weight excluding hydrogens is 244 g/mol. The summed E-state index contributed by atoms with van der Waals surface area (Å²) in [6.07, 6.45) is 1.92. The normalized spacial score (nSPS) is 12.3. The Bertz CT molecular complexity index is 440. The van der Waals surface area contributed by atoms with Gasteiger partial charge in [0.15, 0.2) is 0 Å². The third-order valence-electron chi connectivity index (χ3n) is 3.01. The summed E-state index contributed by atoms with van der Waals surface area (Å²) in [5.74, 6) is 0.849. The number of anilines is 1.